The van der Waals surface area contributed by atoms with Gasteiger partial charge in [0, 0.05) is 12.3 Å². The molecule has 3 heteroatoms. The lowest BCUT2D eigenvalue weighted by Crippen LogP contribution is -2.13. The van der Waals surface area contributed by atoms with Crippen LogP contribution in [0.3, 0.4) is 0 Å². The Labute approximate surface area is 113 Å². The third kappa shape index (κ3) is 3.58. The highest BCUT2D eigenvalue weighted by Gasteiger charge is 2.14. The Morgan fingerprint density at radius 1 is 0.947 bits per heavy atom. The monoisotopic (exact) mass is 254 g/mol. The van der Waals surface area contributed by atoms with Crippen molar-refractivity contribution < 1.29 is 5.21 Å². The van der Waals surface area contributed by atoms with Gasteiger partial charge in [-0.3, -0.25) is 0 Å². The zero-order valence-corrected chi connectivity index (χ0v) is 10.7. The van der Waals surface area contributed by atoms with Gasteiger partial charge < -0.3 is 10.9 Å². The minimum atomic E-state index is 0.266. The topological polar surface area (TPSA) is 58.6 Å². The van der Waals surface area contributed by atoms with E-state index in [9.17, 15) is 0 Å². The molecule has 2 aromatic carbocycles. The first-order chi connectivity index (χ1) is 9.31. The van der Waals surface area contributed by atoms with E-state index in [1.54, 1.807) is 0 Å². The molecular formula is C16H18N2O. The molecule has 0 saturated heterocycles. The van der Waals surface area contributed by atoms with Crippen LogP contribution in [0.5, 0.6) is 0 Å². The van der Waals surface area contributed by atoms with Gasteiger partial charge in [0.15, 0.2) is 0 Å². The third-order valence-electron chi connectivity index (χ3n) is 3.22. The summed E-state index contributed by atoms with van der Waals surface area (Å²) in [5, 5.41) is 11.7. The lowest BCUT2D eigenvalue weighted by molar-refractivity contribution is 0.316. The molecule has 0 saturated carbocycles. The Morgan fingerprint density at radius 2 is 1.42 bits per heavy atom. The first-order valence-corrected chi connectivity index (χ1v) is 6.37. The first kappa shape index (κ1) is 13.1. The SMILES string of the molecule is NC(CCC(c1ccccc1)c1ccccc1)=NO. The number of amidine groups is 1. The molecule has 0 radical (unpaired) electrons. The van der Waals surface area contributed by atoms with Crippen molar-refractivity contribution in [2.24, 2.45) is 10.9 Å². The number of nitrogens with zero attached hydrogens (tertiary/aromatic N) is 1. The van der Waals surface area contributed by atoms with Gasteiger partial charge in [0.1, 0.15) is 5.84 Å². The molecule has 19 heavy (non-hydrogen) atoms. The van der Waals surface area contributed by atoms with Crippen LogP contribution in [-0.2, 0) is 0 Å². The maximum Gasteiger partial charge on any atom is 0.139 e. The highest BCUT2D eigenvalue weighted by atomic mass is 16.4. The van der Waals surface area contributed by atoms with Crippen molar-refractivity contribution in [1.82, 2.24) is 0 Å². The fourth-order valence-corrected chi connectivity index (χ4v) is 2.24. The average Bonchev–Trinajstić information content (AvgIpc) is 2.49. The highest BCUT2D eigenvalue weighted by Crippen LogP contribution is 2.28. The van der Waals surface area contributed by atoms with E-state index in [-0.39, 0.29) is 11.8 Å². The molecule has 98 valence electrons. The van der Waals surface area contributed by atoms with Crippen LogP contribution in [0.1, 0.15) is 29.9 Å². The quantitative estimate of drug-likeness (QED) is 0.372. The summed E-state index contributed by atoms with van der Waals surface area (Å²) in [7, 11) is 0. The van der Waals surface area contributed by atoms with E-state index in [0.717, 1.165) is 6.42 Å². The molecule has 0 heterocycles. The lowest BCUT2D eigenvalue weighted by atomic mass is 9.87. The van der Waals surface area contributed by atoms with Gasteiger partial charge in [0.2, 0.25) is 0 Å². The smallest absolute Gasteiger partial charge is 0.139 e. The largest absolute Gasteiger partial charge is 0.409 e. The number of hydrogen-bond acceptors (Lipinski definition) is 2. The normalized spacial score (nSPS) is 11.7. The van der Waals surface area contributed by atoms with Crippen LogP contribution in [0.4, 0.5) is 0 Å². The Kier molecular flexibility index (Phi) is 4.56. The van der Waals surface area contributed by atoms with Gasteiger partial charge in [-0.15, -0.1) is 0 Å². The van der Waals surface area contributed by atoms with E-state index in [1.807, 2.05) is 36.4 Å². The second-order valence-electron chi connectivity index (χ2n) is 4.50. The standard InChI is InChI=1S/C16H18N2O/c17-16(18-19)12-11-15(13-7-3-1-4-8-13)14-9-5-2-6-10-14/h1-10,15,19H,11-12H2,(H2,17,18). The van der Waals surface area contributed by atoms with Gasteiger partial charge in [0.25, 0.3) is 0 Å². The molecule has 0 amide bonds. The Bertz CT molecular complexity index is 483. The second kappa shape index (κ2) is 6.59. The van der Waals surface area contributed by atoms with Gasteiger partial charge in [-0.2, -0.15) is 0 Å². The van der Waals surface area contributed by atoms with Gasteiger partial charge in [-0.05, 0) is 17.5 Å². The molecule has 3 nitrogen and oxygen atoms in total. The fourth-order valence-electron chi connectivity index (χ4n) is 2.24. The first-order valence-electron chi connectivity index (χ1n) is 6.37. The summed E-state index contributed by atoms with van der Waals surface area (Å²) in [6.07, 6.45) is 1.40. The van der Waals surface area contributed by atoms with Crippen LogP contribution in [0.2, 0.25) is 0 Å². The van der Waals surface area contributed by atoms with Crippen LogP contribution >= 0.6 is 0 Å². The van der Waals surface area contributed by atoms with E-state index >= 15 is 0 Å². The lowest BCUT2D eigenvalue weighted by Gasteiger charge is -2.17. The van der Waals surface area contributed by atoms with E-state index in [0.29, 0.717) is 6.42 Å². The van der Waals surface area contributed by atoms with E-state index in [2.05, 4.69) is 29.4 Å². The molecule has 0 aromatic heterocycles. The Morgan fingerprint density at radius 3 is 1.84 bits per heavy atom. The van der Waals surface area contributed by atoms with E-state index in [1.165, 1.54) is 11.1 Å². The predicted octanol–water partition coefficient (Wildman–Crippen LogP) is 3.35. The van der Waals surface area contributed by atoms with Gasteiger partial charge >= 0.3 is 0 Å². The minimum Gasteiger partial charge on any atom is -0.409 e. The number of rotatable bonds is 5. The Hall–Kier alpha value is -2.29. The maximum atomic E-state index is 8.65. The molecule has 0 aliphatic rings. The molecule has 0 atom stereocenters. The molecule has 2 rings (SSSR count). The van der Waals surface area contributed by atoms with Crippen LogP contribution in [-0.4, -0.2) is 11.0 Å². The molecule has 0 fully saturated rings. The summed E-state index contributed by atoms with van der Waals surface area (Å²) >= 11 is 0. The van der Waals surface area contributed by atoms with Gasteiger partial charge in [0.05, 0.1) is 0 Å². The van der Waals surface area contributed by atoms with E-state index < -0.39 is 0 Å². The van der Waals surface area contributed by atoms with E-state index in [4.69, 9.17) is 10.9 Å². The van der Waals surface area contributed by atoms with Crippen LogP contribution < -0.4 is 5.73 Å². The number of benzene rings is 2. The zero-order valence-electron chi connectivity index (χ0n) is 10.7. The second-order valence-corrected chi connectivity index (χ2v) is 4.50. The molecule has 0 spiro atoms. The van der Waals surface area contributed by atoms with Crippen LogP contribution in [0.15, 0.2) is 65.8 Å². The van der Waals surface area contributed by atoms with Crippen molar-refractivity contribution in [3.63, 3.8) is 0 Å². The summed E-state index contributed by atoms with van der Waals surface area (Å²) < 4.78 is 0. The minimum absolute atomic E-state index is 0.266. The van der Waals surface area contributed by atoms with Gasteiger partial charge in [-0.1, -0.05) is 65.8 Å². The summed E-state index contributed by atoms with van der Waals surface area (Å²) in [5.41, 5.74) is 8.08. The van der Waals surface area contributed by atoms with Crippen molar-refractivity contribution in [3.05, 3.63) is 71.8 Å². The summed E-state index contributed by atoms with van der Waals surface area (Å²) in [5.74, 6) is 0.541. The maximum absolute atomic E-state index is 8.65. The molecule has 0 bridgehead atoms. The van der Waals surface area contributed by atoms with Crippen molar-refractivity contribution in [1.29, 1.82) is 0 Å². The predicted molar refractivity (Wildman–Crippen MR) is 77.4 cm³/mol. The van der Waals surface area contributed by atoms with Crippen LogP contribution in [0.25, 0.3) is 0 Å². The molecule has 3 N–H and O–H groups in total. The zero-order chi connectivity index (χ0) is 13.5. The summed E-state index contributed by atoms with van der Waals surface area (Å²) in [6, 6.07) is 20.6. The van der Waals surface area contributed by atoms with Gasteiger partial charge in [-0.25, -0.2) is 0 Å². The third-order valence-corrected chi connectivity index (χ3v) is 3.22. The summed E-state index contributed by atoms with van der Waals surface area (Å²) in [4.78, 5) is 0. The molecule has 2 aromatic rings. The van der Waals surface area contributed by atoms with Crippen molar-refractivity contribution >= 4 is 5.84 Å². The summed E-state index contributed by atoms with van der Waals surface area (Å²) in [6.45, 7) is 0. The molecule has 0 unspecified atom stereocenters. The van der Waals surface area contributed by atoms with Crippen LogP contribution in [0, 0.1) is 0 Å². The molecule has 0 aliphatic carbocycles. The highest BCUT2D eigenvalue weighted by molar-refractivity contribution is 5.79. The number of oxime groups is 1. The Balaban J connectivity index is 2.24. The average molecular weight is 254 g/mol. The number of hydrogen-bond donors (Lipinski definition) is 2. The molecule has 0 aliphatic heterocycles. The van der Waals surface area contributed by atoms with Crippen molar-refractivity contribution in [2.45, 2.75) is 18.8 Å². The van der Waals surface area contributed by atoms with Crippen molar-refractivity contribution in [3.8, 4) is 0 Å². The molecular weight excluding hydrogens is 236 g/mol. The van der Waals surface area contributed by atoms with Crippen molar-refractivity contribution in [2.75, 3.05) is 0 Å². The number of nitrogens with two attached hydrogens (primary N) is 1. The fraction of sp³-hybridized carbons (Fsp3) is 0.188.